The third-order valence-corrected chi connectivity index (χ3v) is 10.9. The lowest BCUT2D eigenvalue weighted by Crippen LogP contribution is -2.27. The Kier molecular flexibility index (Phi) is 27.0. The summed E-state index contributed by atoms with van der Waals surface area (Å²) in [6.07, 6.45) is 10.9. The molecule has 1 heterocycles. The second-order valence-corrected chi connectivity index (χ2v) is 14.4. The lowest BCUT2D eigenvalue weighted by molar-refractivity contribution is -0.104. The third kappa shape index (κ3) is 15.2. The Labute approximate surface area is 330 Å². The lowest BCUT2D eigenvalue weighted by Gasteiger charge is -2.36. The van der Waals surface area contributed by atoms with Crippen molar-refractivity contribution >= 4 is 53.1 Å². The molecule has 4 rings (SSSR count). The van der Waals surface area contributed by atoms with Crippen LogP contribution >= 0.6 is 35.0 Å². The number of carbonyl (C=O) groups is 1. The molecule has 0 spiro atoms. The van der Waals surface area contributed by atoms with Crippen molar-refractivity contribution in [3.63, 3.8) is 0 Å². The predicted molar refractivity (Wildman–Crippen MR) is 241 cm³/mol. The molecule has 3 aromatic carbocycles. The van der Waals surface area contributed by atoms with Crippen molar-refractivity contribution in [2.45, 2.75) is 91.0 Å². The monoisotopic (exact) mass is 756 g/mol. The molecule has 3 N–H and O–H groups in total. The molecule has 282 valence electrons. The van der Waals surface area contributed by atoms with E-state index in [2.05, 4.69) is 135 Å². The van der Waals surface area contributed by atoms with Crippen LogP contribution in [-0.2, 0) is 9.54 Å². The minimum absolute atomic E-state index is 0.243. The Morgan fingerprint density at radius 1 is 0.865 bits per heavy atom. The topological polar surface area (TPSA) is 55.1 Å². The molecule has 0 fully saturated rings. The fourth-order valence-electron chi connectivity index (χ4n) is 5.19. The van der Waals surface area contributed by atoms with E-state index in [1.165, 1.54) is 32.0 Å². The van der Waals surface area contributed by atoms with E-state index in [1.807, 2.05) is 78.5 Å². The number of carbonyl (C=O) groups excluding carboxylic acids is 1. The van der Waals surface area contributed by atoms with Crippen LogP contribution in [0.3, 0.4) is 0 Å². The Morgan fingerprint density at radius 2 is 1.44 bits per heavy atom. The largest absolute Gasteiger partial charge is 0.330 e. The molecule has 0 unspecified atom stereocenters. The van der Waals surface area contributed by atoms with Gasteiger partial charge in [-0.1, -0.05) is 159 Å². The van der Waals surface area contributed by atoms with E-state index in [-0.39, 0.29) is 4.75 Å². The van der Waals surface area contributed by atoms with Gasteiger partial charge in [0.15, 0.2) is 0 Å². The smallest absolute Gasteiger partial charge is 0.145 e. The van der Waals surface area contributed by atoms with Gasteiger partial charge in [0.05, 0.1) is 8.96 Å². The summed E-state index contributed by atoms with van der Waals surface area (Å²) in [6, 6.07) is 29.7. The zero-order valence-corrected chi connectivity index (χ0v) is 36.0. The van der Waals surface area contributed by atoms with E-state index in [0.29, 0.717) is 12.5 Å². The number of nitrogens with two attached hydrogens (primary N) is 1. The number of thioether (sulfide) groups is 1. The molecule has 6 heteroatoms. The highest BCUT2D eigenvalue weighted by molar-refractivity contribution is 8.02. The third-order valence-electron chi connectivity index (χ3n) is 7.34. The molecule has 0 bridgehead atoms. The molecule has 0 aliphatic carbocycles. The van der Waals surface area contributed by atoms with E-state index < -0.39 is 0 Å². The zero-order valence-electron chi connectivity index (χ0n) is 33.5. The number of hydrogen-bond donors (Lipinski definition) is 2. The van der Waals surface area contributed by atoms with Crippen LogP contribution in [0.5, 0.6) is 0 Å². The fourth-order valence-corrected chi connectivity index (χ4v) is 7.99. The number of thiophene rings is 1. The van der Waals surface area contributed by atoms with Gasteiger partial charge in [-0.25, -0.2) is 0 Å². The SMILES string of the molecule is C/C(C=O)=C\c1c(C)ccc(NSc2cccs2)c1C(C)C.C=C/C=C\C=C(/C)C(SCCN)(c1ccccc1)c1ccccc1.CC.CC.CC. The van der Waals surface area contributed by atoms with Gasteiger partial charge in [0.1, 0.15) is 6.29 Å². The minimum atomic E-state index is -0.243. The molecule has 0 amide bonds. The maximum absolute atomic E-state index is 11.0. The second kappa shape index (κ2) is 29.0. The highest BCUT2D eigenvalue weighted by Crippen LogP contribution is 2.48. The molecule has 0 saturated carbocycles. The summed E-state index contributed by atoms with van der Waals surface area (Å²) < 4.78 is 4.46. The summed E-state index contributed by atoms with van der Waals surface area (Å²) in [5, 5.41) is 2.07. The van der Waals surface area contributed by atoms with Crippen molar-refractivity contribution in [3.05, 3.63) is 160 Å². The van der Waals surface area contributed by atoms with E-state index >= 15 is 0 Å². The van der Waals surface area contributed by atoms with Gasteiger partial charge < -0.3 is 10.5 Å². The Balaban J connectivity index is 0.000000877. The number of anilines is 1. The number of nitrogens with one attached hydrogen (secondary N) is 1. The fraction of sp³-hybridized carbons (Fsp3) is 0.326. The van der Waals surface area contributed by atoms with Gasteiger partial charge >= 0.3 is 0 Å². The van der Waals surface area contributed by atoms with E-state index in [4.69, 9.17) is 5.73 Å². The summed E-state index contributed by atoms with van der Waals surface area (Å²) >= 11 is 5.24. The Bertz CT molecular complexity index is 1570. The number of hydrogen-bond acceptors (Lipinski definition) is 6. The van der Waals surface area contributed by atoms with Crippen LogP contribution in [0.25, 0.3) is 6.08 Å². The first-order chi connectivity index (χ1) is 25.3. The molecular formula is C46H64N2OS3. The maximum Gasteiger partial charge on any atom is 0.145 e. The normalized spacial score (nSPS) is 11.1. The van der Waals surface area contributed by atoms with Crippen molar-refractivity contribution in [1.82, 2.24) is 0 Å². The van der Waals surface area contributed by atoms with E-state index in [9.17, 15) is 4.79 Å². The molecule has 0 radical (unpaired) electrons. The van der Waals surface area contributed by atoms with E-state index in [1.54, 1.807) is 29.4 Å². The van der Waals surface area contributed by atoms with Crippen molar-refractivity contribution in [2.75, 3.05) is 17.0 Å². The average molecular weight is 757 g/mol. The second-order valence-electron chi connectivity index (χ2n) is 11.1. The maximum atomic E-state index is 11.0. The molecule has 52 heavy (non-hydrogen) atoms. The number of aldehydes is 1. The van der Waals surface area contributed by atoms with Crippen LogP contribution < -0.4 is 10.5 Å². The predicted octanol–water partition coefficient (Wildman–Crippen LogP) is 14.3. The molecule has 1 aromatic heterocycles. The van der Waals surface area contributed by atoms with Gasteiger partial charge in [-0.05, 0) is 101 Å². The average Bonchev–Trinajstić information content (AvgIpc) is 3.72. The van der Waals surface area contributed by atoms with Gasteiger partial charge in [0, 0.05) is 18.0 Å². The van der Waals surface area contributed by atoms with Crippen LogP contribution in [0, 0.1) is 6.92 Å². The van der Waals surface area contributed by atoms with Crippen molar-refractivity contribution in [1.29, 1.82) is 0 Å². The quantitative estimate of drug-likeness (QED) is 0.0581. The van der Waals surface area contributed by atoms with Crippen LogP contribution in [0.2, 0.25) is 0 Å². The lowest BCUT2D eigenvalue weighted by atomic mass is 9.84. The van der Waals surface area contributed by atoms with Gasteiger partial charge in [0.2, 0.25) is 0 Å². The first-order valence-corrected chi connectivity index (χ1v) is 21.1. The van der Waals surface area contributed by atoms with Crippen LogP contribution in [0.1, 0.15) is 103 Å². The number of allylic oxidation sites excluding steroid dienone is 5. The van der Waals surface area contributed by atoms with Crippen LogP contribution in [0.4, 0.5) is 5.69 Å². The van der Waals surface area contributed by atoms with Gasteiger partial charge in [0.25, 0.3) is 0 Å². The van der Waals surface area contributed by atoms with Crippen molar-refractivity contribution < 1.29 is 4.79 Å². The highest BCUT2D eigenvalue weighted by Gasteiger charge is 2.36. The van der Waals surface area contributed by atoms with Gasteiger partial charge in [-0.2, -0.15) is 0 Å². The van der Waals surface area contributed by atoms with Crippen LogP contribution in [-0.4, -0.2) is 18.6 Å². The number of benzene rings is 3. The molecule has 0 aliphatic rings. The first kappa shape index (κ1) is 48.5. The number of rotatable bonds is 14. The molecule has 0 saturated heterocycles. The minimum Gasteiger partial charge on any atom is -0.330 e. The highest BCUT2D eigenvalue weighted by atomic mass is 32.2. The summed E-state index contributed by atoms with van der Waals surface area (Å²) in [4.78, 5) is 11.0. The Morgan fingerprint density at radius 3 is 1.90 bits per heavy atom. The summed E-state index contributed by atoms with van der Waals surface area (Å²) in [6.45, 7) is 26.9. The first-order valence-electron chi connectivity index (χ1n) is 18.4. The van der Waals surface area contributed by atoms with Crippen molar-refractivity contribution in [3.8, 4) is 0 Å². The number of aryl methyl sites for hydroxylation is 1. The molecule has 0 atom stereocenters. The molecule has 0 aliphatic heterocycles. The standard InChI is InChI=1S/C22H25NS.C18H21NOS2.3C2H6/c1-3-4-7-12-19(2)22(24-18-17-23,20-13-8-5-9-14-20)21-15-10-6-11-16-21;1-12(2)18-15(10-13(3)11-20)14(4)7-8-16(18)19-22-17-6-5-9-21-17;3*1-2/h3-16H,1,17-18,23H2,2H3;5-12,19H,1-4H3;3*1-2H3/b7-4-,19-12+;13-10+;;;. The van der Waals surface area contributed by atoms with Crippen LogP contribution in [0.15, 0.2) is 137 Å². The summed E-state index contributed by atoms with van der Waals surface area (Å²) in [5.41, 5.74) is 15.1. The zero-order chi connectivity index (χ0) is 39.4. The van der Waals surface area contributed by atoms with Gasteiger partial charge in [-0.3, -0.25) is 4.79 Å². The van der Waals surface area contributed by atoms with E-state index in [0.717, 1.165) is 28.9 Å². The Hall–Kier alpha value is -3.55. The van der Waals surface area contributed by atoms with Crippen molar-refractivity contribution in [2.24, 2.45) is 5.73 Å². The summed E-state index contributed by atoms with van der Waals surface area (Å²) in [7, 11) is 0. The molecular weight excluding hydrogens is 693 g/mol. The molecule has 3 nitrogen and oxygen atoms in total. The molecule has 4 aromatic rings. The van der Waals surface area contributed by atoms with Gasteiger partial charge in [-0.15, -0.1) is 23.1 Å². The summed E-state index contributed by atoms with van der Waals surface area (Å²) in [5.74, 6) is 1.26.